The summed E-state index contributed by atoms with van der Waals surface area (Å²) in [6.07, 6.45) is 2.53. The Morgan fingerprint density at radius 1 is 0.840 bits per heavy atom. The largest absolute Gasteiger partial charge is 0.384 e. The fraction of sp³-hybridized carbons (Fsp3) is 0.244. The zero-order valence-corrected chi connectivity index (χ0v) is 30.1. The van der Waals surface area contributed by atoms with E-state index < -0.39 is 15.9 Å². The Balaban J connectivity index is 1.03. The Morgan fingerprint density at radius 2 is 1.50 bits per heavy atom. The SMILES string of the molecule is COC1(Cc2ccccc2-c2ccccc2)CCN(c2ccc(C(=O)NS(=O)(=O)c3ccc(NCCSc4ccccc4)c(C)c3)cc2)CC1. The van der Waals surface area contributed by atoms with Gasteiger partial charge in [-0.25, -0.2) is 13.1 Å². The van der Waals surface area contributed by atoms with Gasteiger partial charge in [0.1, 0.15) is 0 Å². The molecule has 2 N–H and O–H groups in total. The first-order chi connectivity index (χ1) is 24.2. The van der Waals surface area contributed by atoms with Crippen molar-refractivity contribution in [3.63, 3.8) is 0 Å². The van der Waals surface area contributed by atoms with E-state index in [0.29, 0.717) is 0 Å². The molecule has 1 saturated heterocycles. The van der Waals surface area contributed by atoms with Crippen LogP contribution in [0.5, 0.6) is 0 Å². The molecule has 5 aromatic carbocycles. The van der Waals surface area contributed by atoms with Crippen molar-refractivity contribution in [3.8, 4) is 11.1 Å². The lowest BCUT2D eigenvalue weighted by Gasteiger charge is -2.42. The van der Waals surface area contributed by atoms with Gasteiger partial charge >= 0.3 is 0 Å². The van der Waals surface area contributed by atoms with Crippen LogP contribution in [0.1, 0.15) is 34.3 Å². The fourth-order valence-corrected chi connectivity index (χ4v) is 8.33. The van der Waals surface area contributed by atoms with E-state index in [9.17, 15) is 13.2 Å². The molecule has 1 heterocycles. The number of carbonyl (C=O) groups excluding carboxylic acids is 1. The van der Waals surface area contributed by atoms with E-state index >= 15 is 0 Å². The van der Waals surface area contributed by atoms with Gasteiger partial charge in [0.25, 0.3) is 15.9 Å². The molecule has 0 unspecified atom stereocenters. The smallest absolute Gasteiger partial charge is 0.264 e. The number of hydrogen-bond donors (Lipinski definition) is 2. The van der Waals surface area contributed by atoms with Crippen molar-refractivity contribution in [2.45, 2.75) is 41.6 Å². The predicted octanol–water partition coefficient (Wildman–Crippen LogP) is 8.21. The summed E-state index contributed by atoms with van der Waals surface area (Å²) in [5, 5.41) is 3.37. The lowest BCUT2D eigenvalue weighted by molar-refractivity contribution is -0.0288. The molecule has 0 saturated carbocycles. The second-order valence-electron chi connectivity index (χ2n) is 12.6. The van der Waals surface area contributed by atoms with Gasteiger partial charge in [0, 0.05) is 60.8 Å². The van der Waals surface area contributed by atoms with Gasteiger partial charge in [0.15, 0.2) is 0 Å². The monoisotopic (exact) mass is 705 g/mol. The maximum absolute atomic E-state index is 13.2. The molecule has 0 spiro atoms. The molecule has 1 fully saturated rings. The first-order valence-corrected chi connectivity index (χ1v) is 19.4. The minimum absolute atomic E-state index is 0.0468. The first kappa shape index (κ1) is 35.3. The van der Waals surface area contributed by atoms with Gasteiger partial charge in [0.2, 0.25) is 0 Å². The third-order valence-electron chi connectivity index (χ3n) is 9.38. The zero-order valence-electron chi connectivity index (χ0n) is 28.5. The topological polar surface area (TPSA) is 87.7 Å². The summed E-state index contributed by atoms with van der Waals surface area (Å²) in [4.78, 5) is 16.6. The molecular weight excluding hydrogens is 663 g/mol. The third-order valence-corrected chi connectivity index (χ3v) is 11.7. The number of methoxy groups -OCH3 is 1. The molecule has 1 aliphatic heterocycles. The van der Waals surface area contributed by atoms with Crippen LogP contribution in [-0.2, 0) is 21.2 Å². The van der Waals surface area contributed by atoms with E-state index in [1.54, 1.807) is 36.0 Å². The summed E-state index contributed by atoms with van der Waals surface area (Å²) in [6, 6.07) is 41.2. The van der Waals surface area contributed by atoms with Crippen LogP contribution in [0.25, 0.3) is 11.1 Å². The van der Waals surface area contributed by atoms with Crippen LogP contribution in [0.4, 0.5) is 11.4 Å². The van der Waals surface area contributed by atoms with Crippen molar-refractivity contribution in [2.24, 2.45) is 0 Å². The van der Waals surface area contributed by atoms with Crippen LogP contribution in [0.15, 0.2) is 137 Å². The van der Waals surface area contributed by atoms with Gasteiger partial charge in [-0.3, -0.25) is 4.79 Å². The molecule has 0 bridgehead atoms. The van der Waals surface area contributed by atoms with Crippen LogP contribution >= 0.6 is 11.8 Å². The quantitative estimate of drug-likeness (QED) is 0.0943. The van der Waals surface area contributed by atoms with E-state index in [1.807, 2.05) is 50.4 Å². The van der Waals surface area contributed by atoms with Crippen LogP contribution in [-0.4, -0.2) is 52.4 Å². The summed E-state index contributed by atoms with van der Waals surface area (Å²) in [5.74, 6) is 0.206. The van der Waals surface area contributed by atoms with E-state index in [0.717, 1.165) is 61.6 Å². The van der Waals surface area contributed by atoms with Gasteiger partial charge in [-0.2, -0.15) is 0 Å². The maximum Gasteiger partial charge on any atom is 0.264 e. The number of nitrogens with zero attached hydrogens (tertiary/aromatic N) is 1. The number of thioether (sulfide) groups is 1. The highest BCUT2D eigenvalue weighted by atomic mass is 32.2. The number of piperidine rings is 1. The van der Waals surface area contributed by atoms with Crippen LogP contribution in [0.3, 0.4) is 0 Å². The van der Waals surface area contributed by atoms with Gasteiger partial charge in [-0.05, 0) is 96.6 Å². The number of hydrogen-bond acceptors (Lipinski definition) is 7. The second-order valence-corrected chi connectivity index (χ2v) is 15.5. The molecule has 7 nitrogen and oxygen atoms in total. The zero-order chi connectivity index (χ0) is 35.0. The van der Waals surface area contributed by atoms with E-state index in [-0.39, 0.29) is 16.1 Å². The van der Waals surface area contributed by atoms with Gasteiger partial charge in [-0.1, -0.05) is 72.8 Å². The standard InChI is InChI=1S/C41H43N3O4S2/c1-31-29-37(21-22-39(31)42-25-28-49-36-14-7-4-8-15-36)50(46,47)43-40(45)33-17-19-35(20-18-33)44-26-23-41(48-2,24-27-44)30-34-13-9-10-16-38(34)32-11-5-3-6-12-32/h3-22,29,42H,23-28,30H2,1-2H3,(H,43,45). The lowest BCUT2D eigenvalue weighted by atomic mass is 9.82. The molecule has 258 valence electrons. The van der Waals surface area contributed by atoms with Crippen molar-refractivity contribution in [1.29, 1.82) is 0 Å². The maximum atomic E-state index is 13.2. The first-order valence-electron chi connectivity index (χ1n) is 16.9. The highest BCUT2D eigenvalue weighted by Gasteiger charge is 2.35. The second kappa shape index (κ2) is 16.0. The summed E-state index contributed by atoms with van der Waals surface area (Å²) in [6.45, 7) is 4.19. The number of rotatable bonds is 13. The number of anilines is 2. The van der Waals surface area contributed by atoms with Crippen molar-refractivity contribution in [1.82, 2.24) is 4.72 Å². The van der Waals surface area contributed by atoms with Gasteiger partial charge < -0.3 is 15.0 Å². The number of carbonyl (C=O) groups is 1. The number of aryl methyl sites for hydroxylation is 1. The molecule has 0 radical (unpaired) electrons. The molecule has 0 aliphatic carbocycles. The highest BCUT2D eigenvalue weighted by Crippen LogP contribution is 2.35. The van der Waals surface area contributed by atoms with Crippen LogP contribution in [0.2, 0.25) is 0 Å². The van der Waals surface area contributed by atoms with Crippen LogP contribution in [0, 0.1) is 6.92 Å². The van der Waals surface area contributed by atoms with Crippen molar-refractivity contribution in [2.75, 3.05) is 42.7 Å². The summed E-state index contributed by atoms with van der Waals surface area (Å²) < 4.78 is 34.8. The molecule has 0 atom stereocenters. The third kappa shape index (κ3) is 8.59. The van der Waals surface area contributed by atoms with E-state index in [2.05, 4.69) is 75.6 Å². The van der Waals surface area contributed by atoms with Crippen molar-refractivity contribution >= 4 is 39.1 Å². The Labute approximate surface area is 300 Å². The number of benzene rings is 5. The Kier molecular flexibility index (Phi) is 11.3. The molecule has 6 rings (SSSR count). The van der Waals surface area contributed by atoms with Gasteiger partial charge in [0.05, 0.1) is 10.5 Å². The Hall–Kier alpha value is -4.57. The summed E-state index contributed by atoms with van der Waals surface area (Å²) in [5.41, 5.74) is 6.35. The van der Waals surface area contributed by atoms with E-state index in [4.69, 9.17) is 4.74 Å². The lowest BCUT2D eigenvalue weighted by Crippen LogP contribution is -2.47. The van der Waals surface area contributed by atoms with Crippen LogP contribution < -0.4 is 14.9 Å². The number of amides is 1. The average molecular weight is 706 g/mol. The normalized spacial score (nSPS) is 14.2. The molecule has 1 aliphatic rings. The number of nitrogens with one attached hydrogen (secondary N) is 2. The minimum Gasteiger partial charge on any atom is -0.384 e. The molecule has 50 heavy (non-hydrogen) atoms. The number of sulfonamides is 1. The fourth-order valence-electron chi connectivity index (χ4n) is 6.48. The highest BCUT2D eigenvalue weighted by molar-refractivity contribution is 7.99. The average Bonchev–Trinajstić information content (AvgIpc) is 3.15. The Morgan fingerprint density at radius 3 is 2.18 bits per heavy atom. The molecule has 5 aromatic rings. The predicted molar refractivity (Wildman–Crippen MR) is 205 cm³/mol. The minimum atomic E-state index is -4.06. The molecule has 9 heteroatoms. The summed E-state index contributed by atoms with van der Waals surface area (Å²) in [7, 11) is -2.25. The molecular formula is C41H43N3O4S2. The van der Waals surface area contributed by atoms with Crippen molar-refractivity contribution in [3.05, 3.63) is 144 Å². The summed E-state index contributed by atoms with van der Waals surface area (Å²) >= 11 is 1.75. The Bertz CT molecular complexity index is 2000. The number of ether oxygens (including phenoxy) is 1. The molecule has 1 amide bonds. The van der Waals surface area contributed by atoms with E-state index in [1.165, 1.54) is 27.7 Å². The van der Waals surface area contributed by atoms with Crippen molar-refractivity contribution < 1.29 is 17.9 Å². The molecule has 0 aromatic heterocycles. The van der Waals surface area contributed by atoms with Gasteiger partial charge in [-0.15, -0.1) is 11.8 Å².